The summed E-state index contributed by atoms with van der Waals surface area (Å²) in [5, 5.41) is 20.7. The van der Waals surface area contributed by atoms with Crippen LogP contribution in [0.2, 0.25) is 0 Å². The molecular formula is C101H114O2. The number of aryl methyl sites for hydroxylation is 4. The van der Waals surface area contributed by atoms with E-state index in [-0.39, 0.29) is 0 Å². The highest BCUT2D eigenvalue weighted by Gasteiger charge is 2.20. The number of benzene rings is 14. The largest absolute Gasteiger partial charge is 0.456 e. The third-order valence-corrected chi connectivity index (χ3v) is 17.0. The van der Waals surface area contributed by atoms with Crippen LogP contribution in [0.25, 0.3) is 120 Å². The highest BCUT2D eigenvalue weighted by atomic mass is 16.3. The van der Waals surface area contributed by atoms with Crippen LogP contribution in [-0.2, 0) is 6.42 Å². The second-order valence-corrected chi connectivity index (χ2v) is 22.8. The maximum atomic E-state index is 6.24. The van der Waals surface area contributed by atoms with Crippen molar-refractivity contribution in [2.75, 3.05) is 0 Å². The third kappa shape index (κ3) is 20.7. The zero-order valence-electron chi connectivity index (χ0n) is 65.5. The highest BCUT2D eigenvalue weighted by Crippen LogP contribution is 2.45. The van der Waals surface area contributed by atoms with Gasteiger partial charge in [0.2, 0.25) is 0 Å². The van der Waals surface area contributed by atoms with Crippen LogP contribution in [0.5, 0.6) is 0 Å². The molecule has 103 heavy (non-hydrogen) atoms. The number of allylic oxidation sites excluding steroid dienone is 8. The molecule has 2 aromatic heterocycles. The number of hydrogen-bond acceptors (Lipinski definition) is 2. The first-order valence-electron chi connectivity index (χ1n) is 37.7. The lowest BCUT2D eigenvalue weighted by Crippen LogP contribution is -1.95. The van der Waals surface area contributed by atoms with Crippen molar-refractivity contribution in [3.8, 4) is 11.1 Å². The molecule has 2 heteroatoms. The van der Waals surface area contributed by atoms with Crippen LogP contribution in [0, 0.1) is 27.7 Å². The molecule has 16 aromatic rings. The van der Waals surface area contributed by atoms with E-state index in [4.69, 9.17) is 8.83 Å². The first-order chi connectivity index (χ1) is 50.7. The van der Waals surface area contributed by atoms with Crippen LogP contribution in [0.15, 0.2) is 324 Å². The minimum Gasteiger partial charge on any atom is -0.456 e. The van der Waals surface area contributed by atoms with Gasteiger partial charge in [0.15, 0.2) is 0 Å². The zero-order valence-corrected chi connectivity index (χ0v) is 65.5. The van der Waals surface area contributed by atoms with Crippen molar-refractivity contribution in [1.82, 2.24) is 0 Å². The topological polar surface area (TPSA) is 26.3 Å². The van der Waals surface area contributed by atoms with E-state index in [9.17, 15) is 0 Å². The molecular weight excluding hydrogens is 1250 g/mol. The third-order valence-electron chi connectivity index (χ3n) is 17.0. The molecule has 0 bridgehead atoms. The molecule has 530 valence electrons. The van der Waals surface area contributed by atoms with Gasteiger partial charge < -0.3 is 8.83 Å². The van der Waals surface area contributed by atoms with Crippen LogP contribution in [0.3, 0.4) is 0 Å². The van der Waals surface area contributed by atoms with Crippen molar-refractivity contribution >= 4 is 109 Å². The van der Waals surface area contributed by atoms with E-state index in [0.29, 0.717) is 0 Å². The molecule has 0 atom stereocenters. The van der Waals surface area contributed by atoms with Gasteiger partial charge in [-0.3, -0.25) is 0 Å². The minimum atomic E-state index is 0.877. The Morgan fingerprint density at radius 3 is 0.825 bits per heavy atom. The number of hydrogen-bond donors (Lipinski definition) is 0. The summed E-state index contributed by atoms with van der Waals surface area (Å²) in [5.74, 6) is 0. The Hall–Kier alpha value is -10.8. The second kappa shape index (κ2) is 45.1. The van der Waals surface area contributed by atoms with Gasteiger partial charge in [-0.2, -0.15) is 0 Å². The van der Waals surface area contributed by atoms with Crippen LogP contribution in [-0.4, -0.2) is 0 Å². The Balaban J connectivity index is 0.000000239. The van der Waals surface area contributed by atoms with E-state index in [0.717, 1.165) is 28.8 Å². The monoisotopic (exact) mass is 1360 g/mol. The fraction of sp³-hybridized carbons (Fsp3) is 0.208. The van der Waals surface area contributed by atoms with Crippen LogP contribution in [0.1, 0.15) is 144 Å². The Labute approximate surface area is 618 Å². The molecule has 14 aromatic carbocycles. The lowest BCUT2D eigenvalue weighted by molar-refractivity contribution is 0.668. The number of rotatable bonds is 5. The van der Waals surface area contributed by atoms with Crippen molar-refractivity contribution < 1.29 is 8.83 Å². The maximum Gasteiger partial charge on any atom is 0.136 e. The van der Waals surface area contributed by atoms with Crippen LogP contribution >= 0.6 is 0 Å². The SMILES string of the molecule is C/C=C\C=C/C.C/C=C\C=C/C.CC.CC.CC.CC.CC.CC.Cc1c2ccccc2c(-c2cccc3oc4cccc(C)c4c23)c2ccccc12.Cc1c2ccccc2c(Cc2cccc3oc4cccc(C)c4c23)c2ccccc12.c1ccc2ccccc2c1.c1ccc2ccccc2c1. The van der Waals surface area contributed by atoms with Gasteiger partial charge in [-0.05, 0) is 195 Å². The van der Waals surface area contributed by atoms with E-state index >= 15 is 0 Å². The van der Waals surface area contributed by atoms with Gasteiger partial charge in [-0.15, -0.1) is 0 Å². The predicted molar refractivity (Wildman–Crippen MR) is 466 cm³/mol. The molecule has 0 saturated carbocycles. The van der Waals surface area contributed by atoms with E-state index < -0.39 is 0 Å². The van der Waals surface area contributed by atoms with Crippen molar-refractivity contribution in [2.45, 2.75) is 145 Å². The van der Waals surface area contributed by atoms with Crippen molar-refractivity contribution in [2.24, 2.45) is 0 Å². The van der Waals surface area contributed by atoms with Crippen molar-refractivity contribution in [3.63, 3.8) is 0 Å². The summed E-state index contributed by atoms with van der Waals surface area (Å²) in [7, 11) is 0. The van der Waals surface area contributed by atoms with Crippen molar-refractivity contribution in [3.05, 3.63) is 349 Å². The Morgan fingerprint density at radius 1 is 0.243 bits per heavy atom. The quantitative estimate of drug-likeness (QED) is 0.127. The molecule has 0 saturated heterocycles. The first kappa shape index (κ1) is 82.9. The molecule has 0 amide bonds. The Bertz CT molecular complexity index is 4950. The smallest absolute Gasteiger partial charge is 0.136 e. The average Bonchev–Trinajstić information content (AvgIpc) is 1.72. The lowest BCUT2D eigenvalue weighted by atomic mass is 9.87. The molecule has 0 radical (unpaired) electrons. The molecule has 2 heterocycles. The summed E-state index contributed by atoms with van der Waals surface area (Å²) in [6.45, 7) is 40.8. The van der Waals surface area contributed by atoms with E-state index in [1.54, 1.807) is 0 Å². The molecule has 0 unspecified atom stereocenters. The normalized spacial score (nSPS) is 10.4. The Morgan fingerprint density at radius 2 is 0.495 bits per heavy atom. The van der Waals surface area contributed by atoms with Gasteiger partial charge >= 0.3 is 0 Å². The molecule has 0 N–H and O–H groups in total. The fourth-order valence-electron chi connectivity index (χ4n) is 12.7. The van der Waals surface area contributed by atoms with E-state index in [1.807, 2.05) is 159 Å². The maximum absolute atomic E-state index is 6.24. The molecule has 0 aliphatic heterocycles. The summed E-state index contributed by atoms with van der Waals surface area (Å²) >= 11 is 0. The molecule has 16 rings (SSSR count). The van der Waals surface area contributed by atoms with Gasteiger partial charge in [0.1, 0.15) is 22.3 Å². The van der Waals surface area contributed by atoms with Gasteiger partial charge in [0.05, 0.1) is 0 Å². The molecule has 0 spiro atoms. The molecule has 0 fully saturated rings. The molecule has 0 aliphatic rings. The van der Waals surface area contributed by atoms with Crippen LogP contribution in [0.4, 0.5) is 0 Å². The Kier molecular flexibility index (Phi) is 36.3. The molecule has 2 nitrogen and oxygen atoms in total. The summed E-state index contributed by atoms with van der Waals surface area (Å²) in [5.41, 5.74) is 14.3. The van der Waals surface area contributed by atoms with E-state index in [1.165, 1.54) is 131 Å². The van der Waals surface area contributed by atoms with Crippen LogP contribution < -0.4 is 0 Å². The van der Waals surface area contributed by atoms with E-state index in [2.05, 4.69) is 295 Å². The van der Waals surface area contributed by atoms with Gasteiger partial charge in [0, 0.05) is 21.5 Å². The van der Waals surface area contributed by atoms with Crippen molar-refractivity contribution in [1.29, 1.82) is 0 Å². The molecule has 0 aliphatic carbocycles. The second-order valence-electron chi connectivity index (χ2n) is 22.8. The fourth-order valence-corrected chi connectivity index (χ4v) is 12.7. The number of fused-ring (bicyclic) bond motifs is 12. The summed E-state index contributed by atoms with van der Waals surface area (Å²) in [6, 6.07) is 94.1. The summed E-state index contributed by atoms with van der Waals surface area (Å²) in [6.07, 6.45) is 16.9. The number of furan rings is 2. The standard InChI is InChI=1S/C29H22O.C28H20O.2C10H8.2C6H10.6C2H6/c1-18-9-7-15-26-28(18)29-20(10-8-16-27(29)30-26)17-25-23-13-5-3-11-21(23)19(2)22-12-4-6-14-24(22)25;1-17-9-7-15-24-26(17)28-23(14-8-16-25(28)29-24)27-21-12-5-3-10-19(21)18(2)20-11-4-6-13-22(20)27;2*1-2-6-10-8-4-3-7-9(10)5-1;2*1-3-5-6-4-2;6*1-2/h3-16H,17H2,1-2H3;3-16H,1-2H3;2*1-8H;2*3-6H,1-2H3;6*1-2H3/b;;;;2*5-3-,6-4-;;;;;;. The zero-order chi connectivity index (χ0) is 75.1. The minimum absolute atomic E-state index is 0.877. The summed E-state index contributed by atoms with van der Waals surface area (Å²) in [4.78, 5) is 0. The van der Waals surface area contributed by atoms with Gasteiger partial charge in [-0.25, -0.2) is 0 Å². The predicted octanol–water partition coefficient (Wildman–Crippen LogP) is 32.4. The van der Waals surface area contributed by atoms with Gasteiger partial charge in [-0.1, -0.05) is 374 Å². The lowest BCUT2D eigenvalue weighted by Gasteiger charge is -2.16. The first-order valence-corrected chi connectivity index (χ1v) is 37.7. The average molecular weight is 1360 g/mol. The highest BCUT2D eigenvalue weighted by molar-refractivity contribution is 6.22. The van der Waals surface area contributed by atoms with Gasteiger partial charge in [0.25, 0.3) is 0 Å². The summed E-state index contributed by atoms with van der Waals surface area (Å²) < 4.78 is 12.4.